The lowest BCUT2D eigenvalue weighted by Gasteiger charge is -2.21. The van der Waals surface area contributed by atoms with Crippen LogP contribution in [0.3, 0.4) is 0 Å². The summed E-state index contributed by atoms with van der Waals surface area (Å²) in [6, 6.07) is 17.4. The van der Waals surface area contributed by atoms with Gasteiger partial charge in [0.2, 0.25) is 6.79 Å². The molecule has 0 unspecified atom stereocenters. The number of benzene rings is 2. The van der Waals surface area contributed by atoms with Gasteiger partial charge in [-0.3, -0.25) is 4.79 Å². The molecule has 4 rings (SSSR count). The summed E-state index contributed by atoms with van der Waals surface area (Å²) in [6.07, 6.45) is 1.61. The lowest BCUT2D eigenvalue weighted by atomic mass is 10.1. The number of carbonyl (C=O) groups is 1. The summed E-state index contributed by atoms with van der Waals surface area (Å²) in [5.41, 5.74) is 3.63. The van der Waals surface area contributed by atoms with E-state index in [1.165, 1.54) is 0 Å². The summed E-state index contributed by atoms with van der Waals surface area (Å²) in [5.74, 6) is 2.17. The molecule has 6 nitrogen and oxygen atoms in total. The van der Waals surface area contributed by atoms with Gasteiger partial charge in [0.25, 0.3) is 5.91 Å². The molecule has 148 valence electrons. The summed E-state index contributed by atoms with van der Waals surface area (Å²) >= 11 is 0. The number of nitrogens with zero attached hydrogens (tertiary/aromatic N) is 2. The highest BCUT2D eigenvalue weighted by Crippen LogP contribution is 2.32. The van der Waals surface area contributed by atoms with Crippen molar-refractivity contribution in [2.45, 2.75) is 20.4 Å². The van der Waals surface area contributed by atoms with Gasteiger partial charge in [-0.05, 0) is 61.4 Å². The van der Waals surface area contributed by atoms with Crippen LogP contribution in [0.25, 0.3) is 0 Å². The number of aryl methyl sites for hydroxylation is 1. The van der Waals surface area contributed by atoms with Crippen LogP contribution in [0.4, 0.5) is 11.5 Å². The van der Waals surface area contributed by atoms with Gasteiger partial charge in [0.05, 0.1) is 5.56 Å². The molecule has 1 N–H and O–H groups in total. The van der Waals surface area contributed by atoms with Crippen molar-refractivity contribution >= 4 is 17.4 Å². The Morgan fingerprint density at radius 1 is 1.10 bits per heavy atom. The van der Waals surface area contributed by atoms with Gasteiger partial charge in [-0.2, -0.15) is 0 Å². The number of carbonyl (C=O) groups excluding carboxylic acids is 1. The van der Waals surface area contributed by atoms with Gasteiger partial charge in [0, 0.05) is 25.0 Å². The van der Waals surface area contributed by atoms with Crippen LogP contribution >= 0.6 is 0 Å². The Hall–Kier alpha value is -3.54. The molecule has 0 spiro atoms. The normalized spacial score (nSPS) is 11.9. The first-order chi connectivity index (χ1) is 14.1. The van der Waals surface area contributed by atoms with E-state index in [1.54, 1.807) is 17.2 Å². The Kier molecular flexibility index (Phi) is 5.33. The van der Waals surface area contributed by atoms with Gasteiger partial charge in [-0.25, -0.2) is 4.98 Å². The number of rotatable bonds is 6. The number of nitrogens with one attached hydrogen (secondary N) is 1. The van der Waals surface area contributed by atoms with Crippen LogP contribution in [0, 0.1) is 6.92 Å². The second-order valence-electron chi connectivity index (χ2n) is 6.86. The zero-order chi connectivity index (χ0) is 20.2. The van der Waals surface area contributed by atoms with E-state index >= 15 is 0 Å². The summed E-state index contributed by atoms with van der Waals surface area (Å²) < 4.78 is 10.7. The van der Waals surface area contributed by atoms with E-state index in [0.717, 1.165) is 28.3 Å². The number of pyridine rings is 1. The van der Waals surface area contributed by atoms with Crippen molar-refractivity contribution in [1.29, 1.82) is 0 Å². The maximum atomic E-state index is 12.9. The molecule has 1 aliphatic heterocycles. The molecule has 1 amide bonds. The lowest BCUT2D eigenvalue weighted by Crippen LogP contribution is -2.30. The molecule has 29 heavy (non-hydrogen) atoms. The Bertz CT molecular complexity index is 1020. The summed E-state index contributed by atoms with van der Waals surface area (Å²) in [5, 5.41) is 3.27. The van der Waals surface area contributed by atoms with Gasteiger partial charge in [-0.1, -0.05) is 18.2 Å². The van der Waals surface area contributed by atoms with Crippen LogP contribution in [-0.2, 0) is 6.54 Å². The summed E-state index contributed by atoms with van der Waals surface area (Å²) in [7, 11) is 0. The van der Waals surface area contributed by atoms with Crippen molar-refractivity contribution in [2.75, 3.05) is 23.6 Å². The third-order valence-electron chi connectivity index (χ3n) is 4.80. The molecule has 6 heteroatoms. The van der Waals surface area contributed by atoms with E-state index < -0.39 is 0 Å². The number of aromatic nitrogens is 1. The molecule has 2 heterocycles. The highest BCUT2D eigenvalue weighted by atomic mass is 16.7. The maximum Gasteiger partial charge on any atom is 0.259 e. The van der Waals surface area contributed by atoms with Gasteiger partial charge >= 0.3 is 0 Å². The van der Waals surface area contributed by atoms with Gasteiger partial charge in [0.1, 0.15) is 5.82 Å². The second kappa shape index (κ2) is 8.22. The van der Waals surface area contributed by atoms with E-state index in [0.29, 0.717) is 24.5 Å². The average Bonchev–Trinajstić information content (AvgIpc) is 3.21. The Morgan fingerprint density at radius 2 is 1.97 bits per heavy atom. The monoisotopic (exact) mass is 389 g/mol. The number of ether oxygens (including phenoxy) is 2. The summed E-state index contributed by atoms with van der Waals surface area (Å²) in [4.78, 5) is 19.1. The Morgan fingerprint density at radius 3 is 2.72 bits per heavy atom. The summed E-state index contributed by atoms with van der Waals surface area (Å²) in [6.45, 7) is 5.44. The molecular formula is C23H23N3O3. The fourth-order valence-corrected chi connectivity index (χ4v) is 3.26. The molecule has 2 aromatic carbocycles. The second-order valence-corrected chi connectivity index (χ2v) is 6.86. The molecule has 0 saturated heterocycles. The molecule has 0 aliphatic carbocycles. The van der Waals surface area contributed by atoms with Gasteiger partial charge < -0.3 is 19.7 Å². The van der Waals surface area contributed by atoms with Crippen LogP contribution in [-0.4, -0.2) is 24.2 Å². The quantitative estimate of drug-likeness (QED) is 0.677. The van der Waals surface area contributed by atoms with Crippen LogP contribution in [0.1, 0.15) is 28.4 Å². The van der Waals surface area contributed by atoms with Crippen molar-refractivity contribution < 1.29 is 14.3 Å². The fraction of sp³-hybridized carbons (Fsp3) is 0.217. The smallest absolute Gasteiger partial charge is 0.259 e. The number of hydrogen-bond donors (Lipinski definition) is 1. The third-order valence-corrected chi connectivity index (χ3v) is 4.80. The molecular weight excluding hydrogens is 366 g/mol. The number of fused-ring (bicyclic) bond motifs is 1. The molecule has 1 aromatic heterocycles. The van der Waals surface area contributed by atoms with Crippen molar-refractivity contribution in [1.82, 2.24) is 4.98 Å². The SMILES string of the molecule is CCN(C(=O)c1ccc(NCc2ccc3c(c2)OCO3)nc1)c1cccc(C)c1. The first-order valence-corrected chi connectivity index (χ1v) is 9.61. The predicted octanol–water partition coefficient (Wildman–Crippen LogP) is 4.40. The number of amides is 1. The average molecular weight is 389 g/mol. The standard InChI is InChI=1S/C23H23N3O3/c1-3-26(19-6-4-5-16(2)11-19)23(27)18-8-10-22(25-14-18)24-13-17-7-9-20-21(12-17)29-15-28-20/h4-12,14H,3,13,15H2,1-2H3,(H,24,25). The highest BCUT2D eigenvalue weighted by molar-refractivity contribution is 6.06. The maximum absolute atomic E-state index is 12.9. The molecule has 0 saturated carbocycles. The zero-order valence-corrected chi connectivity index (χ0v) is 16.5. The minimum Gasteiger partial charge on any atom is -0.454 e. The van der Waals surface area contributed by atoms with E-state index in [2.05, 4.69) is 10.3 Å². The molecule has 0 atom stereocenters. The van der Waals surface area contributed by atoms with E-state index in [4.69, 9.17) is 9.47 Å². The van der Waals surface area contributed by atoms with E-state index in [-0.39, 0.29) is 12.7 Å². The first kappa shape index (κ1) is 18.8. The minimum atomic E-state index is -0.0621. The number of anilines is 2. The van der Waals surface area contributed by atoms with Crippen LogP contribution in [0.15, 0.2) is 60.8 Å². The lowest BCUT2D eigenvalue weighted by molar-refractivity contribution is 0.0988. The van der Waals surface area contributed by atoms with Crippen LogP contribution in [0.2, 0.25) is 0 Å². The van der Waals surface area contributed by atoms with Crippen LogP contribution < -0.4 is 19.7 Å². The van der Waals surface area contributed by atoms with Crippen molar-refractivity contribution in [3.8, 4) is 11.5 Å². The largest absolute Gasteiger partial charge is 0.454 e. The van der Waals surface area contributed by atoms with Crippen LogP contribution in [0.5, 0.6) is 11.5 Å². The molecule has 0 bridgehead atoms. The third kappa shape index (κ3) is 4.16. The minimum absolute atomic E-state index is 0.0621. The number of hydrogen-bond acceptors (Lipinski definition) is 5. The zero-order valence-electron chi connectivity index (χ0n) is 16.5. The Balaban J connectivity index is 1.42. The molecule has 0 fully saturated rings. The molecule has 0 radical (unpaired) electrons. The van der Waals surface area contributed by atoms with Crippen molar-refractivity contribution in [2.24, 2.45) is 0 Å². The fourth-order valence-electron chi connectivity index (χ4n) is 3.26. The van der Waals surface area contributed by atoms with E-state index in [9.17, 15) is 4.79 Å². The van der Waals surface area contributed by atoms with Gasteiger partial charge in [-0.15, -0.1) is 0 Å². The molecule has 1 aliphatic rings. The van der Waals surface area contributed by atoms with Crippen molar-refractivity contribution in [3.63, 3.8) is 0 Å². The van der Waals surface area contributed by atoms with Crippen molar-refractivity contribution in [3.05, 3.63) is 77.5 Å². The topological polar surface area (TPSA) is 63.7 Å². The highest BCUT2D eigenvalue weighted by Gasteiger charge is 2.17. The van der Waals surface area contributed by atoms with E-state index in [1.807, 2.05) is 62.4 Å². The molecule has 3 aromatic rings. The Labute approximate surface area is 170 Å². The predicted molar refractivity (Wildman–Crippen MR) is 113 cm³/mol. The first-order valence-electron chi connectivity index (χ1n) is 9.61. The van der Waals surface area contributed by atoms with Gasteiger partial charge in [0.15, 0.2) is 11.5 Å².